The Morgan fingerprint density at radius 1 is 0.313 bits per heavy atom. The van der Waals surface area contributed by atoms with E-state index in [4.69, 9.17) is 18.9 Å². The van der Waals surface area contributed by atoms with Gasteiger partial charge in [0.05, 0.1) is 0 Å². The first kappa shape index (κ1) is 64.9. The fraction of sp³-hybridized carbons (Fsp3) is 0.378. The summed E-state index contributed by atoms with van der Waals surface area (Å²) in [7, 11) is 25.9. The van der Waals surface area contributed by atoms with Crippen LogP contribution < -0.4 is 18.9 Å². The molecule has 0 radical (unpaired) electrons. The van der Waals surface area contributed by atoms with E-state index in [9.17, 15) is 17.0 Å². The minimum atomic E-state index is -7.45. The van der Waals surface area contributed by atoms with Gasteiger partial charge in [0.2, 0.25) is 0 Å². The van der Waals surface area contributed by atoms with Crippen molar-refractivity contribution >= 4 is 77.7 Å². The number of benzene rings is 8. The van der Waals surface area contributed by atoms with E-state index in [1.54, 1.807) is 95.3 Å². The molecule has 8 aromatic carbocycles. The molecule has 10 aliphatic rings. The van der Waals surface area contributed by atoms with Gasteiger partial charge in [0.1, 0.15) is 0 Å². The molecule has 506 valence electrons. The Morgan fingerprint density at radius 2 is 0.525 bits per heavy atom. The van der Waals surface area contributed by atoms with Crippen molar-refractivity contribution < 1.29 is 33.9 Å². The number of ether oxygens (including phenoxy) is 4. The molecule has 4 nitrogen and oxygen atoms in total. The van der Waals surface area contributed by atoms with Gasteiger partial charge < -0.3 is 0 Å². The van der Waals surface area contributed by atoms with Crippen LogP contribution >= 0.6 is 17.0 Å². The topological polar surface area (TPSA) is 36.9 Å². The Kier molecular flexibility index (Phi) is 14.8. The van der Waals surface area contributed by atoms with Crippen molar-refractivity contribution in [2.75, 3.05) is 28.4 Å². The molecule has 0 bridgehead atoms. The molecule has 2 saturated heterocycles. The van der Waals surface area contributed by atoms with Crippen molar-refractivity contribution in [1.82, 2.24) is 0 Å². The van der Waals surface area contributed by atoms with E-state index in [1.165, 1.54) is 65.3 Å². The number of halogens is 2. The molecule has 0 N–H and O–H groups in total. The van der Waals surface area contributed by atoms with Crippen LogP contribution in [-0.2, 0) is 14.9 Å². The molecule has 8 atom stereocenters. The Morgan fingerprint density at radius 3 is 0.747 bits per heavy atom. The third kappa shape index (κ3) is 7.52. The van der Waals surface area contributed by atoms with E-state index >= 15 is 0 Å². The second-order valence-corrected chi connectivity index (χ2v) is 72.2. The van der Waals surface area contributed by atoms with Gasteiger partial charge in [-0.2, -0.15) is 0 Å². The molecule has 9 heteroatoms. The van der Waals surface area contributed by atoms with Crippen LogP contribution in [0.25, 0.3) is 43.1 Å². The second kappa shape index (κ2) is 22.7. The van der Waals surface area contributed by atoms with Gasteiger partial charge in [0, 0.05) is 0 Å². The summed E-state index contributed by atoms with van der Waals surface area (Å²) in [5.74, 6) is 4.45. The van der Waals surface area contributed by atoms with Crippen LogP contribution in [0.2, 0.25) is 24.1 Å². The minimum absolute atomic E-state index is 0.214. The summed E-state index contributed by atoms with van der Waals surface area (Å²) < 4.78 is 21.3. The average molecular weight is 1460 g/mol. The van der Waals surface area contributed by atoms with Crippen molar-refractivity contribution in [1.29, 1.82) is 0 Å². The van der Waals surface area contributed by atoms with Gasteiger partial charge in [-0.1, -0.05) is 0 Å². The summed E-state index contributed by atoms with van der Waals surface area (Å²) in [6.07, 6.45) is 29.2. The van der Waals surface area contributed by atoms with E-state index in [0.29, 0.717) is 0 Å². The summed E-state index contributed by atoms with van der Waals surface area (Å²) in [5.41, 5.74) is 25.0. The molecule has 99 heavy (non-hydrogen) atoms. The number of hydrogen-bond donors (Lipinski definition) is 0. The molecule has 2 aliphatic heterocycles. The van der Waals surface area contributed by atoms with Crippen LogP contribution in [0, 0.1) is 0 Å². The molecule has 5 spiro atoms. The molecule has 18 rings (SSSR count). The van der Waals surface area contributed by atoms with Crippen LogP contribution in [0.4, 0.5) is 0 Å². The predicted molar refractivity (Wildman–Crippen MR) is 418 cm³/mol. The van der Waals surface area contributed by atoms with Crippen molar-refractivity contribution in [2.45, 2.75) is 178 Å². The number of rotatable bonds is 8. The quantitative estimate of drug-likeness (QED) is 0.142. The summed E-state index contributed by atoms with van der Waals surface area (Å²) in [6.45, 7) is 16.5. The Labute approximate surface area is 595 Å². The maximum absolute atomic E-state index is 11.8. The van der Waals surface area contributed by atoms with Gasteiger partial charge in [-0.3, -0.25) is 0 Å². The van der Waals surface area contributed by atoms with Crippen molar-refractivity contribution in [3.8, 4) is 23.0 Å². The number of fused-ring (bicyclic) bond motifs is 12. The zero-order valence-corrected chi connectivity index (χ0v) is 66.1. The monoisotopic (exact) mass is 1460 g/mol. The maximum atomic E-state index is 11.8. The van der Waals surface area contributed by atoms with Crippen molar-refractivity contribution in [3.63, 3.8) is 0 Å². The fourth-order valence-electron chi connectivity index (χ4n) is 27.0. The molecule has 0 saturated carbocycles. The zero-order valence-electron chi connectivity index (χ0n) is 59.8. The van der Waals surface area contributed by atoms with E-state index in [-0.39, 0.29) is 23.7 Å². The molecule has 8 aliphatic carbocycles. The Bertz CT molecular complexity index is 4540. The zero-order chi connectivity index (χ0) is 68.0. The Hall–Kier alpha value is -6.18. The van der Waals surface area contributed by atoms with Crippen LogP contribution in [-0.4, -0.2) is 46.0 Å². The van der Waals surface area contributed by atoms with Gasteiger partial charge >= 0.3 is 600 Å². The van der Waals surface area contributed by atoms with Crippen LogP contribution in [0.3, 0.4) is 0 Å². The van der Waals surface area contributed by atoms with E-state index in [1.807, 2.05) is 0 Å². The van der Waals surface area contributed by atoms with Crippen LogP contribution in [0.5, 0.6) is 23.0 Å². The molecule has 0 amide bonds. The molecule has 8 unspecified atom stereocenters. The Balaban J connectivity index is 0.979. The van der Waals surface area contributed by atoms with Gasteiger partial charge in [-0.05, 0) is 0 Å². The molecule has 8 aromatic rings. The molecule has 2 heterocycles. The molecular weight excluding hydrogens is 1360 g/mol. The second-order valence-electron chi connectivity index (χ2n) is 32.4. The van der Waals surface area contributed by atoms with E-state index in [2.05, 4.69) is 211 Å². The average Bonchev–Trinajstić information content (AvgIpc) is 1.52. The van der Waals surface area contributed by atoms with Crippen LogP contribution in [0.15, 0.2) is 237 Å². The van der Waals surface area contributed by atoms with E-state index in [0.717, 1.165) is 126 Å². The standard InChI is InChI=1S/2C45H48O2Si.2ClH.Zr/c2*1-28-22-42-38(34-16-14-32-26-36(46-3)20-18-30(32)24-34)10-6-8-12-40(42)44(28)48(5)45-29(2)23-43-39(11-7-9-13-41(43)45)35-17-15-33-27-37(47-4)21-19-31(33)25-35;;;/h2*14-27,38-39,48H,6-13H2,1-5H3;2*1H;/q;;;;+2/p-2. The summed E-state index contributed by atoms with van der Waals surface area (Å²) in [4.78, 5) is 0. The van der Waals surface area contributed by atoms with Crippen molar-refractivity contribution in [2.24, 2.45) is 0 Å². The van der Waals surface area contributed by atoms with Gasteiger partial charge in [-0.25, -0.2) is 0 Å². The molecule has 2 fully saturated rings. The first-order valence-corrected chi connectivity index (χ1v) is 53.6. The SMILES string of the molecule is COc1ccc2cc(C3CCCCC4=C3C=C(C)[C]43[SiH](C)[C]4(C(C)=CC5=C4CCCCC5c4ccc5cc(OC)ccc5c4)[Zr]34([Cl])([Cl])[C]3(C(C)=CC5=C3CCCCC5c3ccc5cc(OC)ccc5c3)[SiH](C)[C]43C(C)=CC4=C3CCCCC4c3ccc4cc(OC)ccc4c3)ccc2c1. The predicted octanol–water partition coefficient (Wildman–Crippen LogP) is 25.2. The third-order valence-corrected chi connectivity index (χ3v) is 115. The van der Waals surface area contributed by atoms with E-state index < -0.39 is 43.5 Å². The summed E-state index contributed by atoms with van der Waals surface area (Å²) in [6, 6.07) is 56.2. The summed E-state index contributed by atoms with van der Waals surface area (Å²) in [5, 5.41) is 9.97. The van der Waals surface area contributed by atoms with Crippen LogP contribution in [0.1, 0.15) is 176 Å². The molecule has 0 aromatic heterocycles. The first-order chi connectivity index (χ1) is 48.0. The van der Waals surface area contributed by atoms with Gasteiger partial charge in [-0.15, -0.1) is 0 Å². The van der Waals surface area contributed by atoms with Gasteiger partial charge in [0.25, 0.3) is 0 Å². The van der Waals surface area contributed by atoms with Crippen molar-refractivity contribution in [3.05, 3.63) is 259 Å². The van der Waals surface area contributed by atoms with Gasteiger partial charge in [0.15, 0.2) is 0 Å². The number of allylic oxidation sites excluding steroid dienone is 16. The molecular formula is C90H96Cl2O4Si2Zr. The number of methoxy groups -OCH3 is 4. The third-order valence-electron chi connectivity index (χ3n) is 29.5. The normalized spacial score (nSPS) is 31.6. The number of hydrogen-bond acceptors (Lipinski definition) is 4. The summed E-state index contributed by atoms with van der Waals surface area (Å²) >= 11 is -7.45. The fourth-order valence-corrected chi connectivity index (χ4v) is 153. The first-order valence-electron chi connectivity index (χ1n) is 37.7.